The number of rotatable bonds is 2. The quantitative estimate of drug-likeness (QED) is 0.478. The summed E-state index contributed by atoms with van der Waals surface area (Å²) in [6, 6.07) is 6.15. The van der Waals surface area contributed by atoms with E-state index in [2.05, 4.69) is 9.88 Å². The van der Waals surface area contributed by atoms with Crippen LogP contribution in [-0.2, 0) is 12.7 Å². The SMILES string of the molecule is CC1CN(C)CCN1c1nc(=O)n2c3c(c(-c4ccc(F)cc4)c(C(F)(F)F)cc13)SCCC2. The maximum Gasteiger partial charge on any atom is 0.417 e. The zero-order valence-electron chi connectivity index (χ0n) is 18.8. The summed E-state index contributed by atoms with van der Waals surface area (Å²) in [5.41, 5.74) is -0.516. The van der Waals surface area contributed by atoms with Gasteiger partial charge in [0.05, 0.1) is 11.1 Å². The number of alkyl halides is 3. The fraction of sp³-hybridized carbons (Fsp3) is 0.417. The summed E-state index contributed by atoms with van der Waals surface area (Å²) in [6.07, 6.45) is -4.02. The second-order valence-electron chi connectivity index (χ2n) is 8.91. The lowest BCUT2D eigenvalue weighted by atomic mass is 9.96. The summed E-state index contributed by atoms with van der Waals surface area (Å²) in [7, 11) is 1.99. The van der Waals surface area contributed by atoms with Gasteiger partial charge in [0, 0.05) is 48.1 Å². The van der Waals surface area contributed by atoms with Gasteiger partial charge < -0.3 is 9.80 Å². The van der Waals surface area contributed by atoms with Crippen molar-refractivity contribution in [2.45, 2.75) is 37.0 Å². The van der Waals surface area contributed by atoms with Gasteiger partial charge in [0.2, 0.25) is 0 Å². The molecule has 2 aromatic carbocycles. The minimum atomic E-state index is -4.65. The average molecular weight is 493 g/mol. The zero-order chi connectivity index (χ0) is 24.2. The molecule has 3 heterocycles. The van der Waals surface area contributed by atoms with Gasteiger partial charge in [-0.1, -0.05) is 12.1 Å². The van der Waals surface area contributed by atoms with Gasteiger partial charge in [0.1, 0.15) is 11.6 Å². The number of halogens is 4. The van der Waals surface area contributed by atoms with Crippen molar-refractivity contribution in [1.82, 2.24) is 14.5 Å². The first kappa shape index (κ1) is 23.2. The third-order valence-electron chi connectivity index (χ3n) is 6.51. The number of hydrogen-bond acceptors (Lipinski definition) is 5. The van der Waals surface area contributed by atoms with Gasteiger partial charge in [-0.05, 0) is 49.9 Å². The number of nitrogens with zero attached hydrogens (tertiary/aromatic N) is 4. The molecule has 1 atom stereocenters. The fourth-order valence-electron chi connectivity index (χ4n) is 4.94. The Kier molecular flexibility index (Phi) is 5.84. The second-order valence-corrected chi connectivity index (χ2v) is 10.0. The number of aryl methyl sites for hydroxylation is 1. The number of likely N-dealkylation sites (N-methyl/N-ethyl adjacent to an activating group) is 1. The first-order valence-electron chi connectivity index (χ1n) is 11.2. The van der Waals surface area contributed by atoms with Gasteiger partial charge in [-0.15, -0.1) is 11.8 Å². The van der Waals surface area contributed by atoms with Crippen molar-refractivity contribution in [1.29, 1.82) is 0 Å². The van der Waals surface area contributed by atoms with Gasteiger partial charge in [-0.3, -0.25) is 4.57 Å². The summed E-state index contributed by atoms with van der Waals surface area (Å²) in [4.78, 5) is 21.9. The Morgan fingerprint density at radius 2 is 1.85 bits per heavy atom. The van der Waals surface area contributed by atoms with E-state index in [4.69, 9.17) is 0 Å². The van der Waals surface area contributed by atoms with Crippen molar-refractivity contribution in [3.05, 3.63) is 52.2 Å². The Bertz CT molecular complexity index is 1310. The Hall–Kier alpha value is -2.59. The maximum atomic E-state index is 14.5. The molecule has 5 nitrogen and oxygen atoms in total. The molecule has 180 valence electrons. The highest BCUT2D eigenvalue weighted by atomic mass is 32.2. The molecular weight excluding hydrogens is 468 g/mol. The molecule has 1 unspecified atom stereocenters. The lowest BCUT2D eigenvalue weighted by molar-refractivity contribution is -0.137. The van der Waals surface area contributed by atoms with E-state index < -0.39 is 23.2 Å². The minimum absolute atomic E-state index is 0.0105. The number of anilines is 1. The standard InChI is InChI=1S/C24H24F4N4OS/c1-14-13-30(2)9-10-31(14)22-17-12-18(24(26,27)28)19(15-4-6-16(25)7-5-15)21-20(17)32(23(33)29-22)8-3-11-34-21/h4-7,12,14H,3,8-11,13H2,1-2H3. The predicted molar refractivity (Wildman–Crippen MR) is 126 cm³/mol. The molecule has 0 saturated carbocycles. The van der Waals surface area contributed by atoms with Crippen LogP contribution >= 0.6 is 11.8 Å². The molecule has 0 N–H and O–H groups in total. The van der Waals surface area contributed by atoms with E-state index in [-0.39, 0.29) is 17.2 Å². The van der Waals surface area contributed by atoms with E-state index in [0.29, 0.717) is 53.4 Å². The molecule has 0 amide bonds. The molecule has 1 saturated heterocycles. The van der Waals surface area contributed by atoms with Crippen LogP contribution in [0.5, 0.6) is 0 Å². The second kappa shape index (κ2) is 8.57. The predicted octanol–water partition coefficient (Wildman–Crippen LogP) is 4.86. The first-order chi connectivity index (χ1) is 16.1. The summed E-state index contributed by atoms with van der Waals surface area (Å²) < 4.78 is 58.5. The van der Waals surface area contributed by atoms with Crippen molar-refractivity contribution in [2.24, 2.45) is 0 Å². The van der Waals surface area contributed by atoms with Crippen LogP contribution in [0.25, 0.3) is 22.0 Å². The molecule has 0 spiro atoms. The topological polar surface area (TPSA) is 41.4 Å². The number of hydrogen-bond donors (Lipinski definition) is 0. The molecule has 2 aliphatic rings. The largest absolute Gasteiger partial charge is 0.417 e. The number of thioether (sulfide) groups is 1. The van der Waals surface area contributed by atoms with Gasteiger partial charge in [0.15, 0.2) is 0 Å². The molecule has 2 aliphatic heterocycles. The van der Waals surface area contributed by atoms with E-state index in [1.807, 2.05) is 18.9 Å². The molecule has 0 bridgehead atoms. The van der Waals surface area contributed by atoms with E-state index >= 15 is 0 Å². The van der Waals surface area contributed by atoms with E-state index in [1.54, 1.807) is 0 Å². The molecule has 10 heteroatoms. The number of piperazine rings is 1. The van der Waals surface area contributed by atoms with Crippen LogP contribution in [0.1, 0.15) is 18.9 Å². The van der Waals surface area contributed by atoms with Crippen molar-refractivity contribution >= 4 is 28.5 Å². The number of benzene rings is 2. The van der Waals surface area contributed by atoms with Crippen LogP contribution in [0.2, 0.25) is 0 Å². The Morgan fingerprint density at radius 1 is 1.12 bits per heavy atom. The third-order valence-corrected chi connectivity index (χ3v) is 7.69. The monoisotopic (exact) mass is 492 g/mol. The van der Waals surface area contributed by atoms with Crippen LogP contribution in [0, 0.1) is 5.82 Å². The van der Waals surface area contributed by atoms with Crippen LogP contribution in [0.4, 0.5) is 23.4 Å². The third kappa shape index (κ3) is 3.96. The highest BCUT2D eigenvalue weighted by Crippen LogP contribution is 2.48. The maximum absolute atomic E-state index is 14.5. The van der Waals surface area contributed by atoms with E-state index in [9.17, 15) is 22.4 Å². The highest BCUT2D eigenvalue weighted by Gasteiger charge is 2.38. The minimum Gasteiger partial charge on any atom is -0.351 e. The molecule has 34 heavy (non-hydrogen) atoms. The molecule has 1 aromatic heterocycles. The van der Waals surface area contributed by atoms with E-state index in [0.717, 1.165) is 24.7 Å². The highest BCUT2D eigenvalue weighted by molar-refractivity contribution is 7.99. The van der Waals surface area contributed by atoms with Crippen LogP contribution in [0.15, 0.2) is 40.0 Å². The zero-order valence-corrected chi connectivity index (χ0v) is 19.6. The fourth-order valence-corrected chi connectivity index (χ4v) is 6.14. The summed E-state index contributed by atoms with van der Waals surface area (Å²) >= 11 is 1.32. The molecule has 5 rings (SSSR count). The van der Waals surface area contributed by atoms with Crippen molar-refractivity contribution in [3.63, 3.8) is 0 Å². The molecule has 0 radical (unpaired) electrons. The smallest absolute Gasteiger partial charge is 0.351 e. The molecule has 3 aromatic rings. The summed E-state index contributed by atoms with van der Waals surface area (Å²) in [5.74, 6) is 0.340. The van der Waals surface area contributed by atoms with Crippen LogP contribution in [-0.4, -0.2) is 52.9 Å². The van der Waals surface area contributed by atoms with E-state index in [1.165, 1.54) is 28.5 Å². The molecule has 0 aliphatic carbocycles. The van der Waals surface area contributed by atoms with Gasteiger partial charge in [-0.25, -0.2) is 9.18 Å². The first-order valence-corrected chi connectivity index (χ1v) is 12.2. The molecular formula is C24H24F4N4OS. The lowest BCUT2D eigenvalue weighted by Gasteiger charge is -2.39. The van der Waals surface area contributed by atoms with Gasteiger partial charge in [0.25, 0.3) is 0 Å². The average Bonchev–Trinajstić information content (AvgIpc) is 3.00. The summed E-state index contributed by atoms with van der Waals surface area (Å²) in [5, 5.41) is 0.332. The Labute approximate surface area is 198 Å². The van der Waals surface area contributed by atoms with Crippen LogP contribution in [0.3, 0.4) is 0 Å². The van der Waals surface area contributed by atoms with Crippen molar-refractivity contribution in [3.8, 4) is 11.1 Å². The van der Waals surface area contributed by atoms with Crippen molar-refractivity contribution in [2.75, 3.05) is 37.3 Å². The Balaban J connectivity index is 1.88. The van der Waals surface area contributed by atoms with Crippen molar-refractivity contribution < 1.29 is 17.6 Å². The lowest BCUT2D eigenvalue weighted by Crippen LogP contribution is -2.51. The summed E-state index contributed by atoms with van der Waals surface area (Å²) in [6.45, 7) is 4.37. The van der Waals surface area contributed by atoms with Gasteiger partial charge >= 0.3 is 11.9 Å². The molecule has 1 fully saturated rings. The Morgan fingerprint density at radius 3 is 2.53 bits per heavy atom. The van der Waals surface area contributed by atoms with Crippen LogP contribution < -0.4 is 10.6 Å². The number of aromatic nitrogens is 2. The van der Waals surface area contributed by atoms with Gasteiger partial charge in [-0.2, -0.15) is 18.2 Å². The normalized spacial score (nSPS) is 19.5.